The van der Waals surface area contributed by atoms with E-state index < -0.39 is 0 Å². The van der Waals surface area contributed by atoms with Crippen LogP contribution in [0.15, 0.2) is 12.3 Å². The van der Waals surface area contributed by atoms with E-state index in [0.29, 0.717) is 5.92 Å². The summed E-state index contributed by atoms with van der Waals surface area (Å²) >= 11 is 0. The predicted molar refractivity (Wildman–Crippen MR) is 54.7 cm³/mol. The third-order valence-corrected chi connectivity index (χ3v) is 2.74. The molecule has 0 aromatic carbocycles. The van der Waals surface area contributed by atoms with Crippen LogP contribution in [-0.2, 0) is 6.54 Å². The Balaban J connectivity index is 2.15. The van der Waals surface area contributed by atoms with Crippen molar-refractivity contribution < 1.29 is 0 Å². The number of hydrogen-bond donors (Lipinski definition) is 2. The molecule has 1 aromatic rings. The van der Waals surface area contributed by atoms with Crippen LogP contribution in [-0.4, -0.2) is 11.5 Å². The van der Waals surface area contributed by atoms with Crippen molar-refractivity contribution in [2.45, 2.75) is 32.7 Å². The van der Waals surface area contributed by atoms with Crippen LogP contribution in [0.3, 0.4) is 0 Å². The molecule has 72 valence electrons. The first-order valence-corrected chi connectivity index (χ1v) is 5.14. The summed E-state index contributed by atoms with van der Waals surface area (Å²) in [6, 6.07) is 2.19. The van der Waals surface area contributed by atoms with Crippen LogP contribution in [0.1, 0.15) is 37.4 Å². The van der Waals surface area contributed by atoms with Crippen LogP contribution in [0.4, 0.5) is 0 Å². The van der Waals surface area contributed by atoms with Crippen molar-refractivity contribution in [3.05, 3.63) is 23.5 Å². The van der Waals surface area contributed by atoms with E-state index in [4.69, 9.17) is 0 Å². The highest BCUT2D eigenvalue weighted by Crippen LogP contribution is 2.27. The second kappa shape index (κ2) is 3.54. The summed E-state index contributed by atoms with van der Waals surface area (Å²) in [6.45, 7) is 6.74. The Bertz CT molecular complexity index is 275. The number of H-pyrrole nitrogens is 1. The Morgan fingerprint density at radius 3 is 3.15 bits per heavy atom. The fourth-order valence-electron chi connectivity index (χ4n) is 2.20. The lowest BCUT2D eigenvalue weighted by molar-refractivity contribution is 0.443. The number of aromatic amines is 1. The molecule has 1 aromatic heterocycles. The molecular weight excluding hydrogens is 160 g/mol. The summed E-state index contributed by atoms with van der Waals surface area (Å²) < 4.78 is 0. The van der Waals surface area contributed by atoms with Crippen molar-refractivity contribution in [3.8, 4) is 0 Å². The molecule has 1 atom stereocenters. The van der Waals surface area contributed by atoms with Gasteiger partial charge in [0, 0.05) is 30.9 Å². The van der Waals surface area contributed by atoms with Gasteiger partial charge in [-0.05, 0) is 24.0 Å². The summed E-state index contributed by atoms with van der Waals surface area (Å²) in [5.74, 6) is 1.47. The Labute approximate surface area is 79.7 Å². The van der Waals surface area contributed by atoms with Crippen LogP contribution in [0, 0.1) is 5.92 Å². The summed E-state index contributed by atoms with van der Waals surface area (Å²) in [7, 11) is 0. The van der Waals surface area contributed by atoms with Crippen molar-refractivity contribution in [1.82, 2.24) is 10.3 Å². The molecule has 2 rings (SSSR count). The van der Waals surface area contributed by atoms with Gasteiger partial charge >= 0.3 is 0 Å². The fourth-order valence-corrected chi connectivity index (χ4v) is 2.20. The zero-order chi connectivity index (χ0) is 9.26. The molecule has 0 aliphatic carbocycles. The number of nitrogens with one attached hydrogen (secondary N) is 2. The first-order chi connectivity index (χ1) is 6.27. The van der Waals surface area contributed by atoms with Gasteiger partial charge in [-0.2, -0.15) is 0 Å². The van der Waals surface area contributed by atoms with Crippen LogP contribution in [0.5, 0.6) is 0 Å². The van der Waals surface area contributed by atoms with E-state index in [1.807, 2.05) is 0 Å². The van der Waals surface area contributed by atoms with Crippen molar-refractivity contribution >= 4 is 0 Å². The number of aromatic nitrogens is 1. The van der Waals surface area contributed by atoms with Gasteiger partial charge in [0.25, 0.3) is 0 Å². The molecule has 0 saturated heterocycles. The topological polar surface area (TPSA) is 27.8 Å². The van der Waals surface area contributed by atoms with Gasteiger partial charge in [0.05, 0.1) is 0 Å². The van der Waals surface area contributed by atoms with Gasteiger partial charge in [-0.3, -0.25) is 0 Å². The molecule has 13 heavy (non-hydrogen) atoms. The number of hydrogen-bond acceptors (Lipinski definition) is 1. The van der Waals surface area contributed by atoms with Gasteiger partial charge in [0.15, 0.2) is 0 Å². The molecule has 0 bridgehead atoms. The molecule has 0 spiro atoms. The maximum Gasteiger partial charge on any atom is 0.0237 e. The minimum atomic E-state index is 0.693. The minimum Gasteiger partial charge on any atom is -0.364 e. The van der Waals surface area contributed by atoms with E-state index in [2.05, 4.69) is 36.4 Å². The highest BCUT2D eigenvalue weighted by atomic mass is 14.9. The van der Waals surface area contributed by atoms with Gasteiger partial charge in [0.1, 0.15) is 0 Å². The zero-order valence-electron chi connectivity index (χ0n) is 8.43. The van der Waals surface area contributed by atoms with Crippen LogP contribution in [0.2, 0.25) is 0 Å². The second-order valence-electron chi connectivity index (χ2n) is 4.37. The van der Waals surface area contributed by atoms with Crippen molar-refractivity contribution in [2.75, 3.05) is 6.54 Å². The molecule has 1 unspecified atom stereocenters. The van der Waals surface area contributed by atoms with Crippen molar-refractivity contribution in [3.63, 3.8) is 0 Å². The molecular formula is C11H18N2. The van der Waals surface area contributed by atoms with E-state index in [0.717, 1.165) is 19.0 Å². The van der Waals surface area contributed by atoms with Gasteiger partial charge in [-0.1, -0.05) is 13.8 Å². The van der Waals surface area contributed by atoms with Gasteiger partial charge < -0.3 is 10.3 Å². The van der Waals surface area contributed by atoms with Gasteiger partial charge in [-0.25, -0.2) is 0 Å². The van der Waals surface area contributed by atoms with Crippen LogP contribution >= 0.6 is 0 Å². The molecule has 0 amide bonds. The lowest BCUT2D eigenvalue weighted by Gasteiger charge is -2.24. The molecule has 1 aliphatic heterocycles. The quantitative estimate of drug-likeness (QED) is 0.714. The van der Waals surface area contributed by atoms with Crippen LogP contribution < -0.4 is 5.32 Å². The van der Waals surface area contributed by atoms with E-state index in [1.165, 1.54) is 17.7 Å². The highest BCUT2D eigenvalue weighted by molar-refractivity contribution is 5.26. The molecule has 0 saturated carbocycles. The van der Waals surface area contributed by atoms with E-state index in [1.54, 1.807) is 0 Å². The van der Waals surface area contributed by atoms with E-state index in [-0.39, 0.29) is 0 Å². The normalized spacial score (nSPS) is 21.9. The van der Waals surface area contributed by atoms with E-state index >= 15 is 0 Å². The SMILES string of the molecule is CC(C)CC1CNCc2cc[nH]c21. The fraction of sp³-hybridized carbons (Fsp3) is 0.636. The smallest absolute Gasteiger partial charge is 0.0237 e. The Kier molecular flexibility index (Phi) is 2.40. The average molecular weight is 178 g/mol. The lowest BCUT2D eigenvalue weighted by Crippen LogP contribution is -2.28. The highest BCUT2D eigenvalue weighted by Gasteiger charge is 2.21. The Morgan fingerprint density at radius 2 is 2.38 bits per heavy atom. The maximum atomic E-state index is 3.46. The molecule has 0 radical (unpaired) electrons. The largest absolute Gasteiger partial charge is 0.364 e. The summed E-state index contributed by atoms with van der Waals surface area (Å²) in [5, 5.41) is 3.46. The van der Waals surface area contributed by atoms with E-state index in [9.17, 15) is 0 Å². The molecule has 0 fully saturated rings. The third-order valence-electron chi connectivity index (χ3n) is 2.74. The first kappa shape index (κ1) is 8.82. The molecule has 2 N–H and O–H groups in total. The summed E-state index contributed by atoms with van der Waals surface area (Å²) in [5.41, 5.74) is 2.92. The number of fused-ring (bicyclic) bond motifs is 1. The molecule has 2 heteroatoms. The predicted octanol–water partition coefficient (Wildman–Crippen LogP) is 2.25. The second-order valence-corrected chi connectivity index (χ2v) is 4.37. The molecule has 1 aliphatic rings. The van der Waals surface area contributed by atoms with Gasteiger partial charge in [0.2, 0.25) is 0 Å². The lowest BCUT2D eigenvalue weighted by atomic mass is 9.90. The average Bonchev–Trinajstić information content (AvgIpc) is 2.51. The maximum absolute atomic E-state index is 3.46. The van der Waals surface area contributed by atoms with Gasteiger partial charge in [-0.15, -0.1) is 0 Å². The summed E-state index contributed by atoms with van der Waals surface area (Å²) in [4.78, 5) is 3.37. The van der Waals surface area contributed by atoms with Crippen LogP contribution in [0.25, 0.3) is 0 Å². The van der Waals surface area contributed by atoms with Crippen molar-refractivity contribution in [1.29, 1.82) is 0 Å². The Hall–Kier alpha value is -0.760. The third kappa shape index (κ3) is 1.78. The standard InChI is InChI=1S/C11H18N2/c1-8(2)5-10-7-12-6-9-3-4-13-11(9)10/h3-4,8,10,12-13H,5-7H2,1-2H3. The minimum absolute atomic E-state index is 0.693. The summed E-state index contributed by atoms with van der Waals surface area (Å²) in [6.07, 6.45) is 3.34. The first-order valence-electron chi connectivity index (χ1n) is 5.14. The monoisotopic (exact) mass is 178 g/mol. The molecule has 2 nitrogen and oxygen atoms in total. The molecule has 2 heterocycles. The van der Waals surface area contributed by atoms with Crippen molar-refractivity contribution in [2.24, 2.45) is 5.92 Å². The Morgan fingerprint density at radius 1 is 1.54 bits per heavy atom. The number of rotatable bonds is 2. The zero-order valence-corrected chi connectivity index (χ0v) is 8.43.